The van der Waals surface area contributed by atoms with Crippen LogP contribution in [0.1, 0.15) is 18.9 Å². The van der Waals surface area contributed by atoms with Crippen LogP contribution in [0.4, 0.5) is 4.39 Å². The summed E-state index contributed by atoms with van der Waals surface area (Å²) in [7, 11) is 0. The van der Waals surface area contributed by atoms with Crippen LogP contribution in [0.15, 0.2) is 18.5 Å². The highest BCUT2D eigenvalue weighted by molar-refractivity contribution is 7.14. The zero-order valence-corrected chi connectivity index (χ0v) is 11.9. The van der Waals surface area contributed by atoms with Gasteiger partial charge in [0.05, 0.1) is 6.20 Å². The predicted octanol–water partition coefficient (Wildman–Crippen LogP) is 2.53. The summed E-state index contributed by atoms with van der Waals surface area (Å²) >= 11 is 1.48. The minimum absolute atomic E-state index is 0.354. The molecule has 0 atom stereocenters. The summed E-state index contributed by atoms with van der Waals surface area (Å²) in [6, 6.07) is 1.42. The highest BCUT2D eigenvalue weighted by atomic mass is 32.1. The van der Waals surface area contributed by atoms with E-state index >= 15 is 0 Å². The third-order valence-electron chi connectivity index (χ3n) is 2.49. The number of halogens is 1. The Morgan fingerprint density at radius 1 is 1.32 bits per heavy atom. The number of nitrogens with one attached hydrogen (secondary N) is 1. The van der Waals surface area contributed by atoms with E-state index in [2.05, 4.69) is 34.3 Å². The Hall–Kier alpha value is -1.40. The van der Waals surface area contributed by atoms with E-state index in [1.807, 2.05) is 0 Å². The van der Waals surface area contributed by atoms with E-state index in [9.17, 15) is 4.39 Å². The van der Waals surface area contributed by atoms with E-state index in [0.29, 0.717) is 16.5 Å². The van der Waals surface area contributed by atoms with E-state index in [1.165, 1.54) is 23.6 Å². The lowest BCUT2D eigenvalue weighted by Crippen LogP contribution is -2.22. The van der Waals surface area contributed by atoms with Crippen LogP contribution in [0, 0.1) is 11.7 Å². The monoisotopic (exact) mass is 280 g/mol. The van der Waals surface area contributed by atoms with Crippen molar-refractivity contribution in [3.8, 4) is 10.6 Å². The fourth-order valence-corrected chi connectivity index (χ4v) is 2.41. The highest BCUT2D eigenvalue weighted by Crippen LogP contribution is 2.23. The first-order valence-corrected chi connectivity index (χ1v) is 7.11. The molecule has 0 aliphatic rings. The zero-order chi connectivity index (χ0) is 13.7. The van der Waals surface area contributed by atoms with Gasteiger partial charge in [-0.2, -0.15) is 0 Å². The second-order valence-corrected chi connectivity index (χ2v) is 5.80. The second-order valence-electron chi connectivity index (χ2n) is 4.74. The molecule has 0 radical (unpaired) electrons. The molecule has 0 bridgehead atoms. The number of nitrogens with zero attached hydrogens (tertiary/aromatic N) is 3. The van der Waals surface area contributed by atoms with Crippen molar-refractivity contribution >= 4 is 11.3 Å². The summed E-state index contributed by atoms with van der Waals surface area (Å²) in [6.07, 6.45) is 3.62. The van der Waals surface area contributed by atoms with Crippen LogP contribution in [0.5, 0.6) is 0 Å². The first-order valence-electron chi connectivity index (χ1n) is 6.29. The van der Waals surface area contributed by atoms with Crippen LogP contribution in [0.3, 0.4) is 0 Å². The molecule has 2 aromatic rings. The van der Waals surface area contributed by atoms with Crippen LogP contribution in [-0.2, 0) is 6.42 Å². The maximum absolute atomic E-state index is 13.1. The van der Waals surface area contributed by atoms with Gasteiger partial charge in [0.1, 0.15) is 15.8 Å². The molecule has 19 heavy (non-hydrogen) atoms. The molecule has 2 aromatic heterocycles. The van der Waals surface area contributed by atoms with Gasteiger partial charge >= 0.3 is 0 Å². The lowest BCUT2D eigenvalue weighted by molar-refractivity contribution is 0.553. The summed E-state index contributed by atoms with van der Waals surface area (Å²) in [5, 5.41) is 13.2. The SMILES string of the molecule is CC(C)CNCCc1nnc(-c2cncc(F)c2)s1. The lowest BCUT2D eigenvalue weighted by Gasteiger charge is -2.05. The average Bonchev–Trinajstić information content (AvgIpc) is 2.83. The number of hydrogen-bond acceptors (Lipinski definition) is 5. The van der Waals surface area contributed by atoms with Crippen molar-refractivity contribution < 1.29 is 4.39 Å². The molecule has 0 aliphatic heterocycles. The van der Waals surface area contributed by atoms with Crippen LogP contribution >= 0.6 is 11.3 Å². The standard InChI is InChI=1S/C13H17FN4S/c1-9(2)6-15-4-3-12-17-18-13(19-12)10-5-11(14)8-16-7-10/h5,7-9,15H,3-4,6H2,1-2H3. The Labute approximate surface area is 116 Å². The Balaban J connectivity index is 1.92. The highest BCUT2D eigenvalue weighted by Gasteiger charge is 2.07. The van der Waals surface area contributed by atoms with E-state index < -0.39 is 0 Å². The van der Waals surface area contributed by atoms with Gasteiger partial charge in [0.25, 0.3) is 0 Å². The first kappa shape index (κ1) is 14.0. The second kappa shape index (κ2) is 6.68. The number of rotatable bonds is 6. The molecule has 0 fully saturated rings. The molecule has 0 saturated carbocycles. The molecule has 0 amide bonds. The Morgan fingerprint density at radius 3 is 2.89 bits per heavy atom. The largest absolute Gasteiger partial charge is 0.316 e. The van der Waals surface area contributed by atoms with E-state index in [0.717, 1.165) is 24.5 Å². The fourth-order valence-electron chi connectivity index (χ4n) is 1.59. The Bertz CT molecular complexity index is 527. The Kier molecular flexibility index (Phi) is 4.93. The summed E-state index contributed by atoms with van der Waals surface area (Å²) < 4.78 is 13.1. The number of pyridine rings is 1. The number of aromatic nitrogens is 3. The maximum Gasteiger partial charge on any atom is 0.149 e. The van der Waals surface area contributed by atoms with Crippen molar-refractivity contribution in [3.05, 3.63) is 29.3 Å². The molecule has 2 heterocycles. The van der Waals surface area contributed by atoms with Gasteiger partial charge in [-0.05, 0) is 18.5 Å². The van der Waals surface area contributed by atoms with Crippen molar-refractivity contribution in [1.82, 2.24) is 20.5 Å². The van der Waals surface area contributed by atoms with Gasteiger partial charge in [-0.1, -0.05) is 25.2 Å². The predicted molar refractivity (Wildman–Crippen MR) is 74.5 cm³/mol. The van der Waals surface area contributed by atoms with Crippen LogP contribution in [0.2, 0.25) is 0 Å². The van der Waals surface area contributed by atoms with Gasteiger partial charge in [0.2, 0.25) is 0 Å². The number of hydrogen-bond donors (Lipinski definition) is 1. The smallest absolute Gasteiger partial charge is 0.149 e. The lowest BCUT2D eigenvalue weighted by atomic mass is 10.2. The van der Waals surface area contributed by atoms with Crippen LogP contribution in [-0.4, -0.2) is 28.3 Å². The molecule has 0 aliphatic carbocycles. The zero-order valence-electron chi connectivity index (χ0n) is 11.1. The van der Waals surface area contributed by atoms with Crippen LogP contribution in [0.25, 0.3) is 10.6 Å². The van der Waals surface area contributed by atoms with Crippen molar-refractivity contribution in [2.45, 2.75) is 20.3 Å². The van der Waals surface area contributed by atoms with Crippen LogP contribution < -0.4 is 5.32 Å². The molecule has 1 N–H and O–H groups in total. The van der Waals surface area contributed by atoms with E-state index in [1.54, 1.807) is 6.20 Å². The summed E-state index contributed by atoms with van der Waals surface area (Å²) in [4.78, 5) is 3.82. The maximum atomic E-state index is 13.1. The van der Waals surface area contributed by atoms with Crippen molar-refractivity contribution in [2.75, 3.05) is 13.1 Å². The molecule has 0 spiro atoms. The van der Waals surface area contributed by atoms with Gasteiger partial charge < -0.3 is 5.32 Å². The molecule has 102 valence electrons. The van der Waals surface area contributed by atoms with Gasteiger partial charge in [0, 0.05) is 24.7 Å². The molecule has 6 heteroatoms. The molecule has 0 aromatic carbocycles. The van der Waals surface area contributed by atoms with Gasteiger partial charge in [-0.25, -0.2) is 4.39 Å². The van der Waals surface area contributed by atoms with E-state index in [-0.39, 0.29) is 5.82 Å². The molecule has 2 rings (SSSR count). The summed E-state index contributed by atoms with van der Waals surface area (Å²) in [5.74, 6) is 0.288. The fraction of sp³-hybridized carbons (Fsp3) is 0.462. The summed E-state index contributed by atoms with van der Waals surface area (Å²) in [6.45, 7) is 6.23. The summed E-state index contributed by atoms with van der Waals surface area (Å²) in [5.41, 5.74) is 0.680. The van der Waals surface area contributed by atoms with Crippen molar-refractivity contribution in [1.29, 1.82) is 0 Å². The van der Waals surface area contributed by atoms with Crippen molar-refractivity contribution in [3.63, 3.8) is 0 Å². The topological polar surface area (TPSA) is 50.7 Å². The minimum Gasteiger partial charge on any atom is -0.316 e. The van der Waals surface area contributed by atoms with Crippen molar-refractivity contribution in [2.24, 2.45) is 5.92 Å². The molecule has 4 nitrogen and oxygen atoms in total. The molecular weight excluding hydrogens is 263 g/mol. The first-order chi connectivity index (χ1) is 9.15. The average molecular weight is 280 g/mol. The van der Waals surface area contributed by atoms with E-state index in [4.69, 9.17) is 0 Å². The van der Waals surface area contributed by atoms with Gasteiger partial charge in [-0.15, -0.1) is 10.2 Å². The minimum atomic E-state index is -0.354. The quantitative estimate of drug-likeness (QED) is 0.826. The third kappa shape index (κ3) is 4.33. The third-order valence-corrected chi connectivity index (χ3v) is 3.52. The van der Waals surface area contributed by atoms with Gasteiger partial charge in [-0.3, -0.25) is 4.98 Å². The normalized spacial score (nSPS) is 11.2. The molecule has 0 unspecified atom stereocenters. The molecular formula is C13H17FN4S. The molecule has 0 saturated heterocycles. The Morgan fingerprint density at radius 2 is 2.16 bits per heavy atom. The van der Waals surface area contributed by atoms with Gasteiger partial charge in [0.15, 0.2) is 0 Å².